The molecule has 0 saturated heterocycles. The lowest BCUT2D eigenvalue weighted by Crippen LogP contribution is -2.12. The van der Waals surface area contributed by atoms with Gasteiger partial charge in [-0.15, -0.1) is 0 Å². The SMILES string of the molecule is COC(=O)c1cc(C)c(Oc2ccc(OC)cc2)cc1C(=O)OC. The molecule has 0 amide bonds. The summed E-state index contributed by atoms with van der Waals surface area (Å²) in [6, 6.07) is 10.0. The Morgan fingerprint density at radius 3 is 1.79 bits per heavy atom. The molecule has 0 aliphatic heterocycles. The van der Waals surface area contributed by atoms with E-state index in [1.54, 1.807) is 38.3 Å². The molecule has 126 valence electrons. The Labute approximate surface area is 139 Å². The smallest absolute Gasteiger partial charge is 0.338 e. The number of hydrogen-bond acceptors (Lipinski definition) is 6. The van der Waals surface area contributed by atoms with Gasteiger partial charge >= 0.3 is 11.9 Å². The van der Waals surface area contributed by atoms with Crippen LogP contribution in [-0.2, 0) is 9.47 Å². The molecule has 6 nitrogen and oxygen atoms in total. The quantitative estimate of drug-likeness (QED) is 0.783. The van der Waals surface area contributed by atoms with Gasteiger partial charge in [-0.3, -0.25) is 0 Å². The minimum absolute atomic E-state index is 0.0819. The van der Waals surface area contributed by atoms with E-state index in [2.05, 4.69) is 0 Å². The van der Waals surface area contributed by atoms with Crippen LogP contribution in [0.3, 0.4) is 0 Å². The molecule has 0 aliphatic rings. The molecule has 0 saturated carbocycles. The van der Waals surface area contributed by atoms with Gasteiger partial charge in [0.2, 0.25) is 0 Å². The van der Waals surface area contributed by atoms with Gasteiger partial charge in [-0.1, -0.05) is 0 Å². The van der Waals surface area contributed by atoms with Gasteiger partial charge in [0.25, 0.3) is 0 Å². The van der Waals surface area contributed by atoms with Crippen molar-refractivity contribution in [1.29, 1.82) is 0 Å². The first kappa shape index (κ1) is 17.3. The normalized spacial score (nSPS) is 10.0. The number of carbonyl (C=O) groups is 2. The van der Waals surface area contributed by atoms with Crippen LogP contribution < -0.4 is 9.47 Å². The maximum atomic E-state index is 12.0. The van der Waals surface area contributed by atoms with E-state index in [4.69, 9.17) is 18.9 Å². The molecule has 0 radical (unpaired) electrons. The van der Waals surface area contributed by atoms with Crippen molar-refractivity contribution in [2.75, 3.05) is 21.3 Å². The molecule has 24 heavy (non-hydrogen) atoms. The number of benzene rings is 2. The summed E-state index contributed by atoms with van der Waals surface area (Å²) < 4.78 is 20.3. The second kappa shape index (κ2) is 7.50. The summed E-state index contributed by atoms with van der Waals surface area (Å²) in [6.45, 7) is 1.77. The van der Waals surface area contributed by atoms with Crippen LogP contribution in [0.1, 0.15) is 26.3 Å². The summed E-state index contributed by atoms with van der Waals surface area (Å²) in [5, 5.41) is 0. The van der Waals surface area contributed by atoms with E-state index in [9.17, 15) is 9.59 Å². The molecule has 2 aromatic carbocycles. The van der Waals surface area contributed by atoms with E-state index < -0.39 is 11.9 Å². The maximum Gasteiger partial charge on any atom is 0.338 e. The highest BCUT2D eigenvalue weighted by Gasteiger charge is 2.21. The number of carbonyl (C=O) groups excluding carboxylic acids is 2. The maximum absolute atomic E-state index is 12.0. The Bertz CT molecular complexity index is 749. The Balaban J connectivity index is 2.42. The lowest BCUT2D eigenvalue weighted by atomic mass is 10.0. The fourth-order valence-electron chi connectivity index (χ4n) is 2.13. The highest BCUT2D eigenvalue weighted by atomic mass is 16.5. The molecule has 0 fully saturated rings. The monoisotopic (exact) mass is 330 g/mol. The fourth-order valence-corrected chi connectivity index (χ4v) is 2.13. The average Bonchev–Trinajstić information content (AvgIpc) is 2.62. The molecule has 0 bridgehead atoms. The van der Waals surface area contributed by atoms with Gasteiger partial charge in [0.1, 0.15) is 17.2 Å². The molecule has 0 aromatic heterocycles. The first-order valence-electron chi connectivity index (χ1n) is 7.13. The first-order valence-corrected chi connectivity index (χ1v) is 7.13. The zero-order valence-corrected chi connectivity index (χ0v) is 13.9. The summed E-state index contributed by atoms with van der Waals surface area (Å²) in [5.74, 6) is 0.452. The van der Waals surface area contributed by atoms with E-state index in [0.29, 0.717) is 22.8 Å². The molecule has 2 aromatic rings. The van der Waals surface area contributed by atoms with Gasteiger partial charge in [-0.05, 0) is 48.9 Å². The second-order valence-electron chi connectivity index (χ2n) is 4.92. The molecule has 0 N–H and O–H groups in total. The van der Waals surface area contributed by atoms with Crippen LogP contribution in [0.2, 0.25) is 0 Å². The lowest BCUT2D eigenvalue weighted by Gasteiger charge is -2.13. The lowest BCUT2D eigenvalue weighted by molar-refractivity contribution is 0.0555. The molecule has 6 heteroatoms. The van der Waals surface area contributed by atoms with Gasteiger partial charge in [0.05, 0.1) is 32.5 Å². The summed E-state index contributed by atoms with van der Waals surface area (Å²) in [5.41, 5.74) is 0.890. The highest BCUT2D eigenvalue weighted by molar-refractivity contribution is 6.03. The summed E-state index contributed by atoms with van der Waals surface area (Å²) in [7, 11) is 4.07. The Morgan fingerprint density at radius 1 is 0.792 bits per heavy atom. The largest absolute Gasteiger partial charge is 0.497 e. The molecule has 0 unspecified atom stereocenters. The van der Waals surface area contributed by atoms with Crippen LogP contribution in [0.4, 0.5) is 0 Å². The third kappa shape index (κ3) is 3.65. The Hall–Kier alpha value is -3.02. The van der Waals surface area contributed by atoms with Gasteiger partial charge < -0.3 is 18.9 Å². The minimum Gasteiger partial charge on any atom is -0.497 e. The zero-order chi connectivity index (χ0) is 17.7. The van der Waals surface area contributed by atoms with Crippen molar-refractivity contribution in [1.82, 2.24) is 0 Å². The minimum atomic E-state index is -0.644. The fraction of sp³-hybridized carbons (Fsp3) is 0.222. The van der Waals surface area contributed by atoms with Crippen molar-refractivity contribution in [2.45, 2.75) is 6.92 Å². The van der Waals surface area contributed by atoms with Crippen LogP contribution in [0.5, 0.6) is 17.2 Å². The Morgan fingerprint density at radius 2 is 1.29 bits per heavy atom. The molecule has 0 aliphatic carbocycles. The molecular formula is C18H18O6. The Kier molecular flexibility index (Phi) is 5.42. The van der Waals surface area contributed by atoms with Crippen LogP contribution in [0, 0.1) is 6.92 Å². The number of hydrogen-bond donors (Lipinski definition) is 0. The van der Waals surface area contributed by atoms with Crippen LogP contribution in [-0.4, -0.2) is 33.3 Å². The van der Waals surface area contributed by atoms with Gasteiger partial charge in [0, 0.05) is 0 Å². The number of aryl methyl sites for hydroxylation is 1. The third-order valence-electron chi connectivity index (χ3n) is 3.41. The summed E-state index contributed by atoms with van der Waals surface area (Å²) in [6.07, 6.45) is 0. The number of rotatable bonds is 5. The van der Waals surface area contributed by atoms with E-state index in [0.717, 1.165) is 0 Å². The topological polar surface area (TPSA) is 71.1 Å². The van der Waals surface area contributed by atoms with Crippen molar-refractivity contribution in [3.05, 3.63) is 53.1 Å². The van der Waals surface area contributed by atoms with Crippen molar-refractivity contribution in [3.8, 4) is 17.2 Å². The van der Waals surface area contributed by atoms with Gasteiger partial charge in [0.15, 0.2) is 0 Å². The number of ether oxygens (including phenoxy) is 4. The summed E-state index contributed by atoms with van der Waals surface area (Å²) in [4.78, 5) is 23.8. The zero-order valence-electron chi connectivity index (χ0n) is 13.9. The van der Waals surface area contributed by atoms with Crippen LogP contribution in [0.25, 0.3) is 0 Å². The van der Waals surface area contributed by atoms with Gasteiger partial charge in [-0.25, -0.2) is 9.59 Å². The molecule has 0 spiro atoms. The number of methoxy groups -OCH3 is 3. The van der Waals surface area contributed by atoms with Crippen LogP contribution in [0.15, 0.2) is 36.4 Å². The molecule has 2 rings (SSSR count). The van der Waals surface area contributed by atoms with E-state index in [1.165, 1.54) is 26.4 Å². The predicted molar refractivity (Wildman–Crippen MR) is 86.9 cm³/mol. The highest BCUT2D eigenvalue weighted by Crippen LogP contribution is 2.30. The van der Waals surface area contributed by atoms with E-state index in [-0.39, 0.29) is 11.1 Å². The van der Waals surface area contributed by atoms with Crippen molar-refractivity contribution in [2.24, 2.45) is 0 Å². The first-order chi connectivity index (χ1) is 11.5. The van der Waals surface area contributed by atoms with Gasteiger partial charge in [-0.2, -0.15) is 0 Å². The van der Waals surface area contributed by atoms with E-state index in [1.807, 2.05) is 0 Å². The van der Waals surface area contributed by atoms with E-state index >= 15 is 0 Å². The van der Waals surface area contributed by atoms with Crippen molar-refractivity contribution >= 4 is 11.9 Å². The third-order valence-corrected chi connectivity index (χ3v) is 3.41. The molecular weight excluding hydrogens is 312 g/mol. The van der Waals surface area contributed by atoms with Crippen molar-refractivity contribution in [3.63, 3.8) is 0 Å². The number of esters is 2. The summed E-state index contributed by atoms with van der Waals surface area (Å²) >= 11 is 0. The average molecular weight is 330 g/mol. The van der Waals surface area contributed by atoms with Crippen molar-refractivity contribution < 1.29 is 28.5 Å². The second-order valence-corrected chi connectivity index (χ2v) is 4.92. The molecule has 0 heterocycles. The predicted octanol–water partition coefficient (Wildman–Crippen LogP) is 3.37. The van der Waals surface area contributed by atoms with Crippen LogP contribution >= 0.6 is 0 Å². The molecule has 0 atom stereocenters. The standard InChI is InChI=1S/C18H18O6/c1-11-9-14(17(19)22-3)15(18(20)23-4)10-16(11)24-13-7-5-12(21-2)6-8-13/h5-10H,1-4H3.